The van der Waals surface area contributed by atoms with Crippen LogP contribution < -0.4 is 0 Å². The van der Waals surface area contributed by atoms with Gasteiger partial charge in [0, 0.05) is 14.8 Å². The number of rotatable bonds is 0. The minimum Gasteiger partial charge on any atom is -0.458 e. The number of benzene rings is 4. The zero-order chi connectivity index (χ0) is 19.9. The Balaban J connectivity index is 1.73. The molecule has 2 aliphatic rings. The van der Waals surface area contributed by atoms with Gasteiger partial charge in [-0.3, -0.25) is 0 Å². The smallest absolute Gasteiger partial charge is 0.138 e. The van der Waals surface area contributed by atoms with Gasteiger partial charge >= 0.3 is 0 Å². The Bertz CT molecular complexity index is 1450. The van der Waals surface area contributed by atoms with Crippen LogP contribution in [0, 0.1) is 0 Å². The summed E-state index contributed by atoms with van der Waals surface area (Å²) in [5.74, 6) is 1.04. The van der Waals surface area contributed by atoms with Crippen molar-refractivity contribution < 1.29 is 4.42 Å². The molecular weight excluding hydrogens is 452 g/mol. The van der Waals surface area contributed by atoms with E-state index in [2.05, 4.69) is 107 Å². The van der Waals surface area contributed by atoms with E-state index in [0.717, 1.165) is 15.8 Å². The molecule has 7 rings (SSSR count). The van der Waals surface area contributed by atoms with E-state index in [1.54, 1.807) is 0 Å². The Morgan fingerprint density at radius 3 is 2.07 bits per heavy atom. The molecule has 1 aliphatic heterocycles. The first-order chi connectivity index (χ1) is 14.8. The number of halogens is 1. The van der Waals surface area contributed by atoms with Gasteiger partial charge in [-0.15, -0.1) is 0 Å². The molecule has 0 amide bonds. The van der Waals surface area contributed by atoms with Crippen molar-refractivity contribution >= 4 is 38.7 Å². The molecule has 0 saturated carbocycles. The van der Waals surface area contributed by atoms with Gasteiger partial charge in [0.1, 0.15) is 16.8 Å². The molecule has 0 saturated heterocycles. The first-order valence-corrected chi connectivity index (χ1v) is 11.6. The molecule has 0 atom stereocenters. The normalized spacial score (nSPS) is 15.0. The lowest BCUT2D eigenvalue weighted by molar-refractivity contribution is 0.478. The third-order valence-corrected chi connectivity index (χ3v) is 8.08. The summed E-state index contributed by atoms with van der Waals surface area (Å²) in [4.78, 5) is 2.51. The topological polar surface area (TPSA) is 13.1 Å². The predicted molar refractivity (Wildman–Crippen MR) is 125 cm³/mol. The van der Waals surface area contributed by atoms with Crippen molar-refractivity contribution in [1.82, 2.24) is 0 Å². The summed E-state index contributed by atoms with van der Waals surface area (Å²) in [5.41, 5.74) is 7.00. The molecule has 2 heterocycles. The first-order valence-electron chi connectivity index (χ1n) is 9.98. The van der Waals surface area contributed by atoms with Crippen molar-refractivity contribution in [1.29, 1.82) is 0 Å². The van der Waals surface area contributed by atoms with Gasteiger partial charge in [-0.1, -0.05) is 94.4 Å². The fourth-order valence-corrected chi connectivity index (χ4v) is 6.88. The summed E-state index contributed by atoms with van der Waals surface area (Å²) in [6.45, 7) is 0. The molecule has 1 aromatic heterocycles. The van der Waals surface area contributed by atoms with Crippen molar-refractivity contribution in [2.45, 2.75) is 15.2 Å². The van der Waals surface area contributed by atoms with Gasteiger partial charge in [-0.05, 0) is 52.1 Å². The monoisotopic (exact) mass is 466 g/mol. The maximum Gasteiger partial charge on any atom is 0.138 e. The molecule has 4 aromatic carbocycles. The van der Waals surface area contributed by atoms with E-state index in [-0.39, 0.29) is 0 Å². The highest BCUT2D eigenvalue weighted by Gasteiger charge is 2.53. The van der Waals surface area contributed by atoms with Crippen LogP contribution in [0.4, 0.5) is 0 Å². The van der Waals surface area contributed by atoms with Gasteiger partial charge in [-0.2, -0.15) is 0 Å². The molecule has 5 aromatic rings. The quantitative estimate of drug-likeness (QED) is 0.224. The largest absolute Gasteiger partial charge is 0.458 e. The van der Waals surface area contributed by atoms with Crippen molar-refractivity contribution in [3.8, 4) is 11.1 Å². The molecule has 0 radical (unpaired) electrons. The fourth-order valence-electron chi connectivity index (χ4n) is 5.26. The Morgan fingerprint density at radius 2 is 1.33 bits per heavy atom. The van der Waals surface area contributed by atoms with Crippen LogP contribution in [0.2, 0.25) is 0 Å². The van der Waals surface area contributed by atoms with Crippen molar-refractivity contribution in [2.24, 2.45) is 0 Å². The molecule has 1 nitrogen and oxygen atoms in total. The second kappa shape index (κ2) is 5.90. The van der Waals surface area contributed by atoms with E-state index in [0.29, 0.717) is 0 Å². The zero-order valence-corrected chi connectivity index (χ0v) is 18.3. The van der Waals surface area contributed by atoms with E-state index in [9.17, 15) is 0 Å². The predicted octanol–water partition coefficient (Wildman–Crippen LogP) is 8.02. The molecule has 30 heavy (non-hydrogen) atoms. The van der Waals surface area contributed by atoms with Crippen molar-refractivity contribution in [3.63, 3.8) is 0 Å². The van der Waals surface area contributed by atoms with Crippen molar-refractivity contribution in [3.05, 3.63) is 118 Å². The van der Waals surface area contributed by atoms with Crippen LogP contribution in [0.25, 0.3) is 22.1 Å². The Labute approximate surface area is 186 Å². The average Bonchev–Trinajstić information content (AvgIpc) is 3.29. The summed E-state index contributed by atoms with van der Waals surface area (Å²) >= 11 is 5.48. The second-order valence-corrected chi connectivity index (χ2v) is 9.81. The van der Waals surface area contributed by atoms with E-state index in [4.69, 9.17) is 4.42 Å². The van der Waals surface area contributed by atoms with Crippen LogP contribution in [-0.4, -0.2) is 0 Å². The maximum atomic E-state index is 6.71. The number of furan rings is 1. The second-order valence-electron chi connectivity index (χ2n) is 7.84. The lowest BCUT2D eigenvalue weighted by Gasteiger charge is -2.36. The van der Waals surface area contributed by atoms with E-state index in [1.165, 1.54) is 43.0 Å². The van der Waals surface area contributed by atoms with Gasteiger partial charge < -0.3 is 4.42 Å². The van der Waals surface area contributed by atoms with Gasteiger partial charge in [0.15, 0.2) is 0 Å². The van der Waals surface area contributed by atoms with E-state index < -0.39 is 5.41 Å². The number of fused-ring (bicyclic) bond motifs is 11. The third kappa shape index (κ3) is 1.95. The van der Waals surface area contributed by atoms with Gasteiger partial charge in [0.2, 0.25) is 0 Å². The maximum absolute atomic E-state index is 6.71. The number of hydrogen-bond acceptors (Lipinski definition) is 2. The van der Waals surface area contributed by atoms with Gasteiger partial charge in [-0.25, -0.2) is 0 Å². The average molecular weight is 467 g/mol. The van der Waals surface area contributed by atoms with E-state index in [1.807, 2.05) is 11.8 Å². The minimum absolute atomic E-state index is 0.435. The zero-order valence-electron chi connectivity index (χ0n) is 15.9. The lowest BCUT2D eigenvalue weighted by atomic mass is 9.70. The van der Waals surface area contributed by atoms with Crippen LogP contribution in [0.1, 0.15) is 22.5 Å². The van der Waals surface area contributed by atoms with Crippen LogP contribution in [0.15, 0.2) is 110 Å². The summed E-state index contributed by atoms with van der Waals surface area (Å²) in [6, 6.07) is 32.7. The molecule has 1 aliphatic carbocycles. The molecule has 142 valence electrons. The van der Waals surface area contributed by atoms with Crippen LogP contribution in [0.3, 0.4) is 0 Å². The highest BCUT2D eigenvalue weighted by molar-refractivity contribution is 9.10. The van der Waals surface area contributed by atoms with Crippen LogP contribution in [0.5, 0.6) is 0 Å². The first kappa shape index (κ1) is 17.0. The number of hydrogen-bond donors (Lipinski definition) is 0. The van der Waals surface area contributed by atoms with Crippen LogP contribution in [-0.2, 0) is 5.41 Å². The fraction of sp³-hybridized carbons (Fsp3) is 0.0370. The minimum atomic E-state index is -0.435. The van der Waals surface area contributed by atoms with Crippen molar-refractivity contribution in [2.75, 3.05) is 0 Å². The van der Waals surface area contributed by atoms with E-state index >= 15 is 0 Å². The van der Waals surface area contributed by atoms with Gasteiger partial charge in [0.25, 0.3) is 0 Å². The summed E-state index contributed by atoms with van der Waals surface area (Å²) in [7, 11) is 0. The molecule has 0 bridgehead atoms. The SMILES string of the molecule is Brc1ccc2oc3c(c2c1)Sc1ccccc1C31c2ccccc2-c2ccccc21. The standard InChI is InChI=1S/C27H15BrOS/c28-16-13-14-23-19(15-16)25-26(29-23)27(22-11-5-6-12-24(22)30-25)20-9-3-1-7-17(20)18-8-2-4-10-21(18)27/h1-15H. The third-order valence-electron chi connectivity index (χ3n) is 6.40. The summed E-state index contributed by atoms with van der Waals surface area (Å²) in [5, 5.41) is 1.17. The molecule has 1 spiro atoms. The molecule has 3 heteroatoms. The Morgan fingerprint density at radius 1 is 0.700 bits per heavy atom. The molecule has 0 N–H and O–H groups in total. The highest BCUT2D eigenvalue weighted by atomic mass is 79.9. The summed E-state index contributed by atoms with van der Waals surface area (Å²) in [6.07, 6.45) is 0. The Hall–Kier alpha value is -2.75. The molecular formula is C27H15BrOS. The Kier molecular flexibility index (Phi) is 3.34. The summed E-state index contributed by atoms with van der Waals surface area (Å²) < 4.78 is 7.78. The molecule has 0 unspecified atom stereocenters. The van der Waals surface area contributed by atoms with Gasteiger partial charge in [0.05, 0.1) is 4.90 Å². The lowest BCUT2D eigenvalue weighted by Crippen LogP contribution is -2.31. The molecule has 0 fully saturated rings. The highest BCUT2D eigenvalue weighted by Crippen LogP contribution is 2.63. The van der Waals surface area contributed by atoms with Crippen LogP contribution >= 0.6 is 27.7 Å².